The Bertz CT molecular complexity index is 737. The predicted octanol–water partition coefficient (Wildman–Crippen LogP) is 2.21. The number of hydrogen-bond acceptors (Lipinski definition) is 2. The number of likely N-dealkylation sites (N-methyl/N-ethyl adjacent to an activating group) is 1. The molecule has 26 heavy (non-hydrogen) atoms. The van der Waals surface area contributed by atoms with E-state index in [0.29, 0.717) is 5.92 Å². The van der Waals surface area contributed by atoms with Crippen LogP contribution < -0.4 is 15.5 Å². The molecule has 0 aliphatic heterocycles. The molecule has 0 bridgehead atoms. The quantitative estimate of drug-likeness (QED) is 0.714. The Hall–Kier alpha value is -2.66. The average Bonchev–Trinajstić information content (AvgIpc) is 2.57. The second-order valence-corrected chi connectivity index (χ2v) is 7.05. The van der Waals surface area contributed by atoms with Crippen LogP contribution in [0.4, 0.5) is 11.4 Å². The van der Waals surface area contributed by atoms with E-state index < -0.39 is 0 Å². The van der Waals surface area contributed by atoms with Gasteiger partial charge in [-0.15, -0.1) is 0 Å². The third-order valence-corrected chi connectivity index (χ3v) is 4.12. The topological polar surface area (TPSA) is 62.6 Å². The van der Waals surface area contributed by atoms with Gasteiger partial charge >= 0.3 is 0 Å². The van der Waals surface area contributed by atoms with Gasteiger partial charge in [0.2, 0.25) is 0 Å². The maximum Gasteiger partial charge on any atom is 0.279 e. The molecule has 2 aromatic carbocycles. The van der Waals surface area contributed by atoms with Crippen LogP contribution in [0.5, 0.6) is 0 Å². The van der Waals surface area contributed by atoms with Gasteiger partial charge in [0.25, 0.3) is 11.8 Å². The number of carbonyl (C=O) groups is 2. The lowest BCUT2D eigenvalue weighted by atomic mass is 10.0. The largest absolute Gasteiger partial charge is 0.322 e. The normalized spacial score (nSPS) is 11.9. The number of hydrogen-bond donors (Lipinski definition) is 3. The second-order valence-electron chi connectivity index (χ2n) is 7.05. The van der Waals surface area contributed by atoms with Crippen LogP contribution in [0.2, 0.25) is 0 Å². The van der Waals surface area contributed by atoms with Gasteiger partial charge in [-0.3, -0.25) is 9.59 Å². The van der Waals surface area contributed by atoms with Gasteiger partial charge in [-0.2, -0.15) is 0 Å². The molecular weight excluding hydrogens is 326 g/mol. The van der Waals surface area contributed by atoms with Gasteiger partial charge in [0.15, 0.2) is 13.1 Å². The summed E-state index contributed by atoms with van der Waals surface area (Å²) in [4.78, 5) is 25.1. The summed E-state index contributed by atoms with van der Waals surface area (Å²) < 4.78 is 0. The van der Waals surface area contributed by atoms with Gasteiger partial charge in [0, 0.05) is 11.4 Å². The Morgan fingerprint density at radius 3 is 1.69 bits per heavy atom. The highest BCUT2D eigenvalue weighted by atomic mass is 16.2. The van der Waals surface area contributed by atoms with E-state index in [2.05, 4.69) is 24.5 Å². The van der Waals surface area contributed by atoms with Crippen LogP contribution in [0.25, 0.3) is 0 Å². The monoisotopic (exact) mass is 354 g/mol. The Balaban J connectivity index is 1.78. The zero-order valence-electron chi connectivity index (χ0n) is 15.9. The van der Waals surface area contributed by atoms with Crippen molar-refractivity contribution in [1.29, 1.82) is 0 Å². The van der Waals surface area contributed by atoms with Gasteiger partial charge < -0.3 is 15.5 Å². The minimum Gasteiger partial charge on any atom is -0.322 e. The van der Waals surface area contributed by atoms with Crippen molar-refractivity contribution in [2.75, 3.05) is 30.8 Å². The SMILES string of the molecule is Cc1ccc(NC(=O)C[NH+](C)CC(=O)Nc2ccc(C(C)C)cc2)cc1. The highest BCUT2D eigenvalue weighted by Crippen LogP contribution is 2.16. The van der Waals surface area contributed by atoms with Gasteiger partial charge in [-0.25, -0.2) is 0 Å². The molecule has 5 nitrogen and oxygen atoms in total. The minimum absolute atomic E-state index is 0.108. The lowest BCUT2D eigenvalue weighted by Gasteiger charge is -2.14. The average molecular weight is 354 g/mol. The molecule has 0 spiro atoms. The number of benzene rings is 2. The van der Waals surface area contributed by atoms with Crippen molar-refractivity contribution in [2.24, 2.45) is 0 Å². The summed E-state index contributed by atoms with van der Waals surface area (Å²) >= 11 is 0. The smallest absolute Gasteiger partial charge is 0.279 e. The highest BCUT2D eigenvalue weighted by Gasteiger charge is 2.14. The minimum atomic E-state index is -0.111. The van der Waals surface area contributed by atoms with Crippen LogP contribution in [-0.4, -0.2) is 32.0 Å². The third kappa shape index (κ3) is 6.33. The summed E-state index contributed by atoms with van der Waals surface area (Å²) in [6, 6.07) is 15.5. The molecule has 0 aliphatic rings. The summed E-state index contributed by atoms with van der Waals surface area (Å²) in [5.74, 6) is 0.241. The zero-order chi connectivity index (χ0) is 19.1. The van der Waals surface area contributed by atoms with Crippen LogP contribution in [0.15, 0.2) is 48.5 Å². The first-order valence-electron chi connectivity index (χ1n) is 8.91. The van der Waals surface area contributed by atoms with Crippen molar-refractivity contribution in [3.63, 3.8) is 0 Å². The maximum atomic E-state index is 12.2. The second kappa shape index (κ2) is 9.15. The zero-order valence-corrected chi connectivity index (χ0v) is 15.9. The van der Waals surface area contributed by atoms with Gasteiger partial charge in [-0.05, 0) is 42.7 Å². The standard InChI is InChI=1S/C21H27N3O2/c1-15(2)17-7-11-19(12-8-17)23-21(26)14-24(4)13-20(25)22-18-9-5-16(3)6-10-18/h5-12,15H,13-14H2,1-4H3,(H,22,25)(H,23,26)/p+1. The predicted molar refractivity (Wildman–Crippen MR) is 106 cm³/mol. The van der Waals surface area contributed by atoms with Crippen LogP contribution in [0.1, 0.15) is 30.9 Å². The summed E-state index contributed by atoms with van der Waals surface area (Å²) in [7, 11) is 1.83. The van der Waals surface area contributed by atoms with Gasteiger partial charge in [-0.1, -0.05) is 43.7 Å². The van der Waals surface area contributed by atoms with Crippen LogP contribution in [0.3, 0.4) is 0 Å². The van der Waals surface area contributed by atoms with Crippen molar-refractivity contribution in [3.05, 3.63) is 59.7 Å². The number of carbonyl (C=O) groups excluding carboxylic acids is 2. The molecule has 0 aliphatic carbocycles. The number of rotatable bonds is 7. The molecule has 0 heterocycles. The first kappa shape index (κ1) is 19.7. The van der Waals surface area contributed by atoms with Crippen molar-refractivity contribution < 1.29 is 14.5 Å². The van der Waals surface area contributed by atoms with Crippen LogP contribution in [-0.2, 0) is 9.59 Å². The van der Waals surface area contributed by atoms with E-state index in [0.717, 1.165) is 21.8 Å². The highest BCUT2D eigenvalue weighted by molar-refractivity contribution is 5.93. The van der Waals surface area contributed by atoms with E-state index in [1.807, 2.05) is 62.5 Å². The molecule has 0 fully saturated rings. The molecule has 0 radical (unpaired) electrons. The lowest BCUT2D eigenvalue weighted by molar-refractivity contribution is -0.862. The Morgan fingerprint density at radius 1 is 0.846 bits per heavy atom. The van der Waals surface area contributed by atoms with Crippen LogP contribution in [0, 0.1) is 6.92 Å². The van der Waals surface area contributed by atoms with Crippen molar-refractivity contribution in [3.8, 4) is 0 Å². The molecule has 3 N–H and O–H groups in total. The van der Waals surface area contributed by atoms with E-state index >= 15 is 0 Å². The molecule has 138 valence electrons. The lowest BCUT2D eigenvalue weighted by Crippen LogP contribution is -3.11. The Morgan fingerprint density at radius 2 is 1.27 bits per heavy atom. The molecule has 1 unspecified atom stereocenters. The number of aryl methyl sites for hydroxylation is 1. The molecule has 2 aromatic rings. The fourth-order valence-corrected chi connectivity index (χ4v) is 2.61. The summed E-state index contributed by atoms with van der Waals surface area (Å²) in [5, 5.41) is 5.72. The van der Waals surface area contributed by atoms with E-state index in [1.54, 1.807) is 0 Å². The summed E-state index contributed by atoms with van der Waals surface area (Å²) in [6.07, 6.45) is 0. The third-order valence-electron chi connectivity index (χ3n) is 4.12. The molecule has 0 aromatic heterocycles. The fourth-order valence-electron chi connectivity index (χ4n) is 2.61. The molecule has 1 atom stereocenters. The van der Waals surface area contributed by atoms with E-state index in [1.165, 1.54) is 5.56 Å². The Labute approximate surface area is 155 Å². The number of quaternary nitrogens is 1. The van der Waals surface area contributed by atoms with Crippen molar-refractivity contribution >= 4 is 23.2 Å². The summed E-state index contributed by atoms with van der Waals surface area (Å²) in [6.45, 7) is 6.72. The van der Waals surface area contributed by atoms with Crippen molar-refractivity contribution in [1.82, 2.24) is 0 Å². The molecule has 2 amide bonds. The fraction of sp³-hybridized carbons (Fsp3) is 0.333. The van der Waals surface area contributed by atoms with E-state index in [9.17, 15) is 9.59 Å². The van der Waals surface area contributed by atoms with Gasteiger partial charge in [0.1, 0.15) is 0 Å². The van der Waals surface area contributed by atoms with Gasteiger partial charge in [0.05, 0.1) is 7.05 Å². The van der Waals surface area contributed by atoms with E-state index in [-0.39, 0.29) is 24.9 Å². The Kier molecular flexibility index (Phi) is 6.92. The molecular formula is C21H28N3O2+. The van der Waals surface area contributed by atoms with Crippen LogP contribution >= 0.6 is 0 Å². The number of amides is 2. The van der Waals surface area contributed by atoms with E-state index in [4.69, 9.17) is 0 Å². The first-order valence-corrected chi connectivity index (χ1v) is 8.91. The molecule has 5 heteroatoms. The maximum absolute atomic E-state index is 12.2. The summed E-state index contributed by atoms with van der Waals surface area (Å²) in [5.41, 5.74) is 3.92. The molecule has 2 rings (SSSR count). The number of nitrogens with one attached hydrogen (secondary N) is 3. The first-order chi connectivity index (χ1) is 12.3. The molecule has 0 saturated carbocycles. The number of anilines is 2. The van der Waals surface area contributed by atoms with Crippen molar-refractivity contribution in [2.45, 2.75) is 26.7 Å². The molecule has 0 saturated heterocycles.